The van der Waals surface area contributed by atoms with E-state index in [1.54, 1.807) is 0 Å². The molecule has 1 aromatic rings. The molecule has 0 aliphatic carbocycles. The summed E-state index contributed by atoms with van der Waals surface area (Å²) in [6.07, 6.45) is 1.21. The monoisotopic (exact) mass is 247 g/mol. The summed E-state index contributed by atoms with van der Waals surface area (Å²) in [7, 11) is 2.19. The zero-order chi connectivity index (χ0) is 13.1. The van der Waals surface area contributed by atoms with Gasteiger partial charge in [0, 0.05) is 25.3 Å². The van der Waals surface area contributed by atoms with Crippen molar-refractivity contribution in [3.05, 3.63) is 29.3 Å². The summed E-state index contributed by atoms with van der Waals surface area (Å²) in [6.45, 7) is 8.38. The van der Waals surface area contributed by atoms with Crippen molar-refractivity contribution >= 4 is 5.69 Å². The van der Waals surface area contributed by atoms with E-state index in [0.29, 0.717) is 6.04 Å². The predicted molar refractivity (Wildman–Crippen MR) is 78.2 cm³/mol. The van der Waals surface area contributed by atoms with E-state index in [9.17, 15) is 0 Å². The molecule has 2 N–H and O–H groups in total. The van der Waals surface area contributed by atoms with Crippen molar-refractivity contribution in [2.24, 2.45) is 5.73 Å². The first-order chi connectivity index (χ1) is 8.60. The molecule has 1 atom stereocenters. The molecular weight excluding hydrogens is 222 g/mol. The van der Waals surface area contributed by atoms with Crippen LogP contribution in [-0.4, -0.2) is 44.2 Å². The summed E-state index contributed by atoms with van der Waals surface area (Å²) >= 11 is 0. The van der Waals surface area contributed by atoms with Crippen LogP contribution < -0.4 is 10.6 Å². The molecular formula is C15H25N3. The maximum absolute atomic E-state index is 5.97. The van der Waals surface area contributed by atoms with Gasteiger partial charge in [0.1, 0.15) is 0 Å². The molecule has 0 spiro atoms. The number of aryl methyl sites for hydroxylation is 2. The zero-order valence-corrected chi connectivity index (χ0v) is 11.8. The maximum Gasteiger partial charge on any atom is 0.0539 e. The van der Waals surface area contributed by atoms with Crippen molar-refractivity contribution in [1.29, 1.82) is 0 Å². The molecule has 1 aliphatic rings. The standard InChI is InChI=1S/C15H25N3/c1-12-7-13(2)9-14(8-12)18-6-4-5-17(3)11-15(18)10-16/h7-9,15H,4-6,10-11,16H2,1-3H3. The van der Waals surface area contributed by atoms with Crippen LogP contribution in [0.2, 0.25) is 0 Å². The third-order valence-corrected chi connectivity index (χ3v) is 3.71. The number of likely N-dealkylation sites (N-methyl/N-ethyl adjacent to an activating group) is 1. The second-order valence-corrected chi connectivity index (χ2v) is 5.54. The van der Waals surface area contributed by atoms with Crippen molar-refractivity contribution in [3.63, 3.8) is 0 Å². The van der Waals surface area contributed by atoms with Crippen LogP contribution in [0.25, 0.3) is 0 Å². The van der Waals surface area contributed by atoms with E-state index < -0.39 is 0 Å². The maximum atomic E-state index is 5.97. The van der Waals surface area contributed by atoms with Crippen LogP contribution in [0.15, 0.2) is 18.2 Å². The number of anilines is 1. The third kappa shape index (κ3) is 3.03. The summed E-state index contributed by atoms with van der Waals surface area (Å²) < 4.78 is 0. The number of rotatable bonds is 2. The molecule has 3 heteroatoms. The van der Waals surface area contributed by atoms with Crippen LogP contribution >= 0.6 is 0 Å². The minimum Gasteiger partial charge on any atom is -0.366 e. The first kappa shape index (κ1) is 13.4. The number of nitrogens with two attached hydrogens (primary N) is 1. The van der Waals surface area contributed by atoms with E-state index >= 15 is 0 Å². The van der Waals surface area contributed by atoms with Crippen LogP contribution in [-0.2, 0) is 0 Å². The molecule has 1 unspecified atom stereocenters. The molecule has 18 heavy (non-hydrogen) atoms. The molecule has 0 radical (unpaired) electrons. The molecule has 1 aliphatic heterocycles. The Kier molecular flexibility index (Phi) is 4.25. The lowest BCUT2D eigenvalue weighted by atomic mass is 10.1. The minimum atomic E-state index is 0.429. The zero-order valence-electron chi connectivity index (χ0n) is 11.8. The average molecular weight is 247 g/mol. The fraction of sp³-hybridized carbons (Fsp3) is 0.600. The van der Waals surface area contributed by atoms with Gasteiger partial charge in [0.2, 0.25) is 0 Å². The van der Waals surface area contributed by atoms with Crippen LogP contribution in [0.5, 0.6) is 0 Å². The van der Waals surface area contributed by atoms with Gasteiger partial charge in [-0.25, -0.2) is 0 Å². The molecule has 0 aromatic heterocycles. The second kappa shape index (κ2) is 5.72. The second-order valence-electron chi connectivity index (χ2n) is 5.54. The summed E-state index contributed by atoms with van der Waals surface area (Å²) in [5, 5.41) is 0. The van der Waals surface area contributed by atoms with Gasteiger partial charge in [-0.1, -0.05) is 6.07 Å². The molecule has 0 saturated carbocycles. The summed E-state index contributed by atoms with van der Waals surface area (Å²) in [6, 6.07) is 7.21. The van der Waals surface area contributed by atoms with Crippen molar-refractivity contribution in [2.45, 2.75) is 26.3 Å². The predicted octanol–water partition coefficient (Wildman–Crippen LogP) is 1.77. The SMILES string of the molecule is Cc1cc(C)cc(N2CCCN(C)CC2CN)c1. The van der Waals surface area contributed by atoms with Crippen molar-refractivity contribution in [3.8, 4) is 0 Å². The van der Waals surface area contributed by atoms with Gasteiger partial charge in [0.15, 0.2) is 0 Å². The molecule has 1 saturated heterocycles. The lowest BCUT2D eigenvalue weighted by Crippen LogP contribution is -2.45. The summed E-state index contributed by atoms with van der Waals surface area (Å²) in [5.74, 6) is 0. The van der Waals surface area contributed by atoms with Crippen molar-refractivity contribution in [2.75, 3.05) is 38.1 Å². The molecule has 3 nitrogen and oxygen atoms in total. The highest BCUT2D eigenvalue weighted by atomic mass is 15.2. The van der Waals surface area contributed by atoms with Crippen molar-refractivity contribution < 1.29 is 0 Å². The Labute approximate surface area is 111 Å². The molecule has 100 valence electrons. The fourth-order valence-corrected chi connectivity index (χ4v) is 2.90. The van der Waals surface area contributed by atoms with E-state index in [-0.39, 0.29) is 0 Å². The lowest BCUT2D eigenvalue weighted by molar-refractivity contribution is 0.332. The first-order valence-electron chi connectivity index (χ1n) is 6.83. The molecule has 2 rings (SSSR count). The van der Waals surface area contributed by atoms with Gasteiger partial charge < -0.3 is 15.5 Å². The largest absolute Gasteiger partial charge is 0.366 e. The van der Waals surface area contributed by atoms with E-state index in [4.69, 9.17) is 5.73 Å². The Morgan fingerprint density at radius 2 is 1.83 bits per heavy atom. The van der Waals surface area contributed by atoms with Gasteiger partial charge >= 0.3 is 0 Å². The number of hydrogen-bond donors (Lipinski definition) is 1. The smallest absolute Gasteiger partial charge is 0.0539 e. The fourth-order valence-electron chi connectivity index (χ4n) is 2.90. The van der Waals surface area contributed by atoms with E-state index in [1.165, 1.54) is 23.2 Å². The highest BCUT2D eigenvalue weighted by Gasteiger charge is 2.22. The van der Waals surface area contributed by atoms with E-state index in [1.807, 2.05) is 0 Å². The third-order valence-electron chi connectivity index (χ3n) is 3.71. The molecule has 0 bridgehead atoms. The van der Waals surface area contributed by atoms with Crippen LogP contribution in [0.4, 0.5) is 5.69 Å². The molecule has 1 aromatic carbocycles. The van der Waals surface area contributed by atoms with Crippen molar-refractivity contribution in [1.82, 2.24) is 4.90 Å². The van der Waals surface area contributed by atoms with Crippen LogP contribution in [0.3, 0.4) is 0 Å². The Balaban J connectivity index is 2.28. The Morgan fingerprint density at radius 3 is 2.44 bits per heavy atom. The summed E-state index contributed by atoms with van der Waals surface area (Å²) in [4.78, 5) is 4.88. The van der Waals surface area contributed by atoms with Gasteiger partial charge in [0.25, 0.3) is 0 Å². The van der Waals surface area contributed by atoms with Crippen LogP contribution in [0.1, 0.15) is 17.5 Å². The quantitative estimate of drug-likeness (QED) is 0.864. The summed E-state index contributed by atoms with van der Waals surface area (Å²) in [5.41, 5.74) is 9.97. The highest BCUT2D eigenvalue weighted by Crippen LogP contribution is 2.22. The van der Waals surface area contributed by atoms with E-state index in [0.717, 1.165) is 26.2 Å². The minimum absolute atomic E-state index is 0.429. The molecule has 1 heterocycles. The Morgan fingerprint density at radius 1 is 1.17 bits per heavy atom. The average Bonchev–Trinajstić information content (AvgIpc) is 2.49. The Hall–Kier alpha value is -1.06. The van der Waals surface area contributed by atoms with Crippen LogP contribution in [0, 0.1) is 13.8 Å². The Bertz CT molecular complexity index is 382. The topological polar surface area (TPSA) is 32.5 Å². The number of benzene rings is 1. The first-order valence-corrected chi connectivity index (χ1v) is 6.83. The van der Waals surface area contributed by atoms with Gasteiger partial charge in [0.05, 0.1) is 6.04 Å². The number of hydrogen-bond acceptors (Lipinski definition) is 3. The molecule has 0 amide bonds. The normalized spacial score (nSPS) is 22.0. The highest BCUT2D eigenvalue weighted by molar-refractivity contribution is 5.52. The van der Waals surface area contributed by atoms with Gasteiger partial charge in [-0.15, -0.1) is 0 Å². The van der Waals surface area contributed by atoms with E-state index in [2.05, 4.69) is 48.9 Å². The van der Waals surface area contributed by atoms with Gasteiger partial charge in [-0.3, -0.25) is 0 Å². The van der Waals surface area contributed by atoms with Gasteiger partial charge in [-0.2, -0.15) is 0 Å². The number of nitrogens with zero attached hydrogens (tertiary/aromatic N) is 2. The van der Waals surface area contributed by atoms with Gasteiger partial charge in [-0.05, 0) is 57.1 Å². The molecule has 1 fully saturated rings. The lowest BCUT2D eigenvalue weighted by Gasteiger charge is -2.32.